The summed E-state index contributed by atoms with van der Waals surface area (Å²) in [7, 11) is -1.69. The fourth-order valence-corrected chi connectivity index (χ4v) is 10.1. The average molecular weight is 379 g/mol. The Labute approximate surface area is 164 Å². The predicted molar refractivity (Wildman–Crippen MR) is 116 cm³/mol. The van der Waals surface area contributed by atoms with E-state index in [-0.39, 0.29) is 17.6 Å². The van der Waals surface area contributed by atoms with Crippen LogP contribution in [0.25, 0.3) is 0 Å². The highest BCUT2D eigenvalue weighted by molar-refractivity contribution is 6.90. The van der Waals surface area contributed by atoms with E-state index < -0.39 is 8.07 Å². The standard InChI is InChI=1S/C23H42O2Si/c1-16(2)15-21-23(10,11)22(20(9)25-21)24-13-12-14-26(17(3)4,18(5)6)19(7)8/h16-19,21-22H,9,13,15H2,1-8,10-11H3/t21-,22+/m1/s1. The van der Waals surface area contributed by atoms with Gasteiger partial charge in [0.15, 0.2) is 0 Å². The van der Waals surface area contributed by atoms with Crippen molar-refractivity contribution in [2.75, 3.05) is 6.61 Å². The lowest BCUT2D eigenvalue weighted by Crippen LogP contribution is -2.43. The normalized spacial score (nSPS) is 22.9. The minimum atomic E-state index is -1.69. The molecule has 1 heterocycles. The molecule has 1 rings (SSSR count). The van der Waals surface area contributed by atoms with E-state index in [1.807, 2.05) is 0 Å². The topological polar surface area (TPSA) is 18.5 Å². The van der Waals surface area contributed by atoms with Crippen molar-refractivity contribution in [2.24, 2.45) is 11.3 Å². The highest BCUT2D eigenvalue weighted by atomic mass is 28.3. The van der Waals surface area contributed by atoms with Crippen LogP contribution in [0.5, 0.6) is 0 Å². The molecule has 0 aromatic heterocycles. The molecular weight excluding hydrogens is 336 g/mol. The Bertz CT molecular complexity index is 512. The van der Waals surface area contributed by atoms with Crippen LogP contribution in [0, 0.1) is 22.8 Å². The van der Waals surface area contributed by atoms with Gasteiger partial charge < -0.3 is 9.47 Å². The van der Waals surface area contributed by atoms with Gasteiger partial charge in [0.25, 0.3) is 0 Å². The second-order valence-corrected chi connectivity index (χ2v) is 15.5. The molecule has 1 aliphatic heterocycles. The Morgan fingerprint density at radius 2 is 1.54 bits per heavy atom. The Morgan fingerprint density at radius 1 is 1.04 bits per heavy atom. The monoisotopic (exact) mass is 378 g/mol. The van der Waals surface area contributed by atoms with Crippen LogP contribution < -0.4 is 0 Å². The molecule has 150 valence electrons. The molecule has 0 aliphatic carbocycles. The SMILES string of the molecule is C=C1O[C@H](CC(C)C)C(C)(C)[C@H]1OCC#C[Si](C(C)C)(C(C)C)C(C)C. The van der Waals surface area contributed by atoms with Crippen LogP contribution in [0.3, 0.4) is 0 Å². The van der Waals surface area contributed by atoms with E-state index in [1.165, 1.54) is 0 Å². The number of rotatable bonds is 7. The van der Waals surface area contributed by atoms with Crippen LogP contribution >= 0.6 is 0 Å². The van der Waals surface area contributed by atoms with E-state index >= 15 is 0 Å². The summed E-state index contributed by atoms with van der Waals surface area (Å²) >= 11 is 0. The van der Waals surface area contributed by atoms with Crippen LogP contribution in [0.15, 0.2) is 12.3 Å². The molecule has 0 spiro atoms. The van der Waals surface area contributed by atoms with Crippen molar-refractivity contribution in [3.05, 3.63) is 12.3 Å². The average Bonchev–Trinajstić information content (AvgIpc) is 2.67. The summed E-state index contributed by atoms with van der Waals surface area (Å²) < 4.78 is 12.3. The van der Waals surface area contributed by atoms with Crippen LogP contribution in [-0.2, 0) is 9.47 Å². The van der Waals surface area contributed by atoms with Gasteiger partial charge in [0, 0.05) is 5.41 Å². The maximum atomic E-state index is 6.20. The van der Waals surface area contributed by atoms with E-state index in [0.29, 0.717) is 29.1 Å². The van der Waals surface area contributed by atoms with Crippen LogP contribution in [-0.4, -0.2) is 26.9 Å². The highest BCUT2D eigenvalue weighted by Crippen LogP contribution is 2.44. The minimum Gasteiger partial charge on any atom is -0.492 e. The van der Waals surface area contributed by atoms with Crippen molar-refractivity contribution in [3.8, 4) is 11.5 Å². The van der Waals surface area contributed by atoms with Gasteiger partial charge >= 0.3 is 0 Å². The third-order valence-corrected chi connectivity index (χ3v) is 12.6. The molecule has 1 aliphatic rings. The summed E-state index contributed by atoms with van der Waals surface area (Å²) in [6.45, 7) is 27.5. The lowest BCUT2D eigenvalue weighted by atomic mass is 9.79. The zero-order valence-corrected chi connectivity index (χ0v) is 19.9. The van der Waals surface area contributed by atoms with Crippen LogP contribution in [0.2, 0.25) is 16.6 Å². The van der Waals surface area contributed by atoms with E-state index in [4.69, 9.17) is 9.47 Å². The molecule has 2 atom stereocenters. The Balaban J connectivity index is 2.87. The molecule has 0 N–H and O–H groups in total. The summed E-state index contributed by atoms with van der Waals surface area (Å²) in [5.74, 6) is 4.77. The molecule has 26 heavy (non-hydrogen) atoms. The summed E-state index contributed by atoms with van der Waals surface area (Å²) in [5.41, 5.74) is 5.61. The summed E-state index contributed by atoms with van der Waals surface area (Å²) in [4.78, 5) is 0. The third-order valence-electron chi connectivity index (χ3n) is 6.27. The molecule has 1 saturated heterocycles. The molecule has 0 bridgehead atoms. The first-order chi connectivity index (χ1) is 11.9. The van der Waals surface area contributed by atoms with E-state index in [9.17, 15) is 0 Å². The Kier molecular flexibility index (Phi) is 8.05. The molecule has 0 radical (unpaired) electrons. The second-order valence-electron chi connectivity index (χ2n) is 9.91. The maximum absolute atomic E-state index is 6.20. The fourth-order valence-electron chi connectivity index (χ4n) is 4.82. The molecule has 2 nitrogen and oxygen atoms in total. The second kappa shape index (κ2) is 8.98. The highest BCUT2D eigenvalue weighted by Gasteiger charge is 2.48. The molecule has 0 saturated carbocycles. The van der Waals surface area contributed by atoms with Gasteiger partial charge in [-0.05, 0) is 29.0 Å². The summed E-state index contributed by atoms with van der Waals surface area (Å²) in [6, 6.07) is 0. The smallest absolute Gasteiger partial charge is 0.146 e. The van der Waals surface area contributed by atoms with Crippen molar-refractivity contribution >= 4 is 8.07 Å². The zero-order chi connectivity index (χ0) is 20.3. The van der Waals surface area contributed by atoms with Gasteiger partial charge in [0.1, 0.15) is 32.6 Å². The maximum Gasteiger partial charge on any atom is 0.146 e. The third kappa shape index (κ3) is 4.76. The molecule has 3 heteroatoms. The van der Waals surface area contributed by atoms with Crippen molar-refractivity contribution in [1.82, 2.24) is 0 Å². The molecule has 0 amide bonds. The van der Waals surface area contributed by atoms with Gasteiger partial charge in [-0.15, -0.1) is 5.54 Å². The van der Waals surface area contributed by atoms with Gasteiger partial charge in [0.05, 0.1) is 0 Å². The van der Waals surface area contributed by atoms with E-state index in [2.05, 4.69) is 87.3 Å². The predicted octanol–water partition coefficient (Wildman–Crippen LogP) is 6.58. The minimum absolute atomic E-state index is 0.0638. The molecular formula is C23H42O2Si. The first-order valence-electron chi connectivity index (χ1n) is 10.3. The van der Waals surface area contributed by atoms with Gasteiger partial charge in [-0.1, -0.05) is 81.7 Å². The largest absolute Gasteiger partial charge is 0.492 e. The van der Waals surface area contributed by atoms with E-state index in [1.54, 1.807) is 0 Å². The zero-order valence-electron chi connectivity index (χ0n) is 18.9. The Hall–Kier alpha value is -0.723. The quantitative estimate of drug-likeness (QED) is 0.368. The molecule has 1 fully saturated rings. The van der Waals surface area contributed by atoms with Gasteiger partial charge in [-0.25, -0.2) is 0 Å². The van der Waals surface area contributed by atoms with Gasteiger partial charge in [0.2, 0.25) is 0 Å². The molecule has 0 unspecified atom stereocenters. The Morgan fingerprint density at radius 3 is 1.96 bits per heavy atom. The van der Waals surface area contributed by atoms with Crippen molar-refractivity contribution in [2.45, 2.75) is 104 Å². The number of hydrogen-bond acceptors (Lipinski definition) is 2. The molecule has 0 aromatic rings. The van der Waals surface area contributed by atoms with Crippen molar-refractivity contribution < 1.29 is 9.47 Å². The first kappa shape index (κ1) is 23.3. The molecule has 0 aromatic carbocycles. The van der Waals surface area contributed by atoms with Crippen LogP contribution in [0.4, 0.5) is 0 Å². The van der Waals surface area contributed by atoms with Crippen molar-refractivity contribution in [3.63, 3.8) is 0 Å². The van der Waals surface area contributed by atoms with Gasteiger partial charge in [-0.2, -0.15) is 0 Å². The number of ether oxygens (including phenoxy) is 2. The van der Waals surface area contributed by atoms with Crippen LogP contribution in [0.1, 0.15) is 75.7 Å². The lowest BCUT2D eigenvalue weighted by Gasteiger charge is -2.38. The van der Waals surface area contributed by atoms with Gasteiger partial charge in [-0.3, -0.25) is 0 Å². The summed E-state index contributed by atoms with van der Waals surface area (Å²) in [5, 5.41) is 0. The lowest BCUT2D eigenvalue weighted by molar-refractivity contribution is 0.0126. The summed E-state index contributed by atoms with van der Waals surface area (Å²) in [6.07, 6.45) is 1.12. The van der Waals surface area contributed by atoms with E-state index in [0.717, 1.165) is 12.2 Å². The first-order valence-corrected chi connectivity index (χ1v) is 12.6. The number of hydrogen-bond donors (Lipinski definition) is 0. The fraction of sp³-hybridized carbons (Fsp3) is 0.826. The van der Waals surface area contributed by atoms with Crippen molar-refractivity contribution in [1.29, 1.82) is 0 Å².